The fourth-order valence-electron chi connectivity index (χ4n) is 3.21. The molecule has 3 nitrogen and oxygen atoms in total. The second kappa shape index (κ2) is 3.83. The van der Waals surface area contributed by atoms with Crippen LogP contribution in [0.25, 0.3) is 0 Å². The molecular formula is C13H22O3. The fraction of sp³-hybridized carbons (Fsp3) is 0.846. The molecule has 1 spiro atoms. The lowest BCUT2D eigenvalue weighted by molar-refractivity contribution is -0.270. The van der Waals surface area contributed by atoms with Crippen molar-refractivity contribution < 1.29 is 14.6 Å². The van der Waals surface area contributed by atoms with Crippen LogP contribution in [0.2, 0.25) is 0 Å². The summed E-state index contributed by atoms with van der Waals surface area (Å²) in [4.78, 5) is 0. The lowest BCUT2D eigenvalue weighted by Gasteiger charge is -2.51. The largest absolute Gasteiger partial charge is 0.390 e. The van der Waals surface area contributed by atoms with Gasteiger partial charge in [-0.1, -0.05) is 19.9 Å². The maximum Gasteiger partial charge on any atom is 0.173 e. The molecule has 3 heteroatoms. The second-order valence-electron chi connectivity index (χ2n) is 5.73. The molecule has 92 valence electrons. The van der Waals surface area contributed by atoms with Gasteiger partial charge in [0.2, 0.25) is 0 Å². The Bertz CT molecular complexity index is 279. The van der Waals surface area contributed by atoms with E-state index in [0.717, 1.165) is 12.8 Å². The summed E-state index contributed by atoms with van der Waals surface area (Å²) >= 11 is 0. The quantitative estimate of drug-likeness (QED) is 0.734. The van der Waals surface area contributed by atoms with E-state index < -0.39 is 11.4 Å². The first-order valence-corrected chi connectivity index (χ1v) is 6.04. The number of aliphatic hydroxyl groups is 1. The van der Waals surface area contributed by atoms with Gasteiger partial charge in [0.25, 0.3) is 0 Å². The van der Waals surface area contributed by atoms with Crippen molar-refractivity contribution in [1.82, 2.24) is 0 Å². The van der Waals surface area contributed by atoms with E-state index in [1.54, 1.807) is 6.08 Å². The average molecular weight is 226 g/mol. The Balaban J connectivity index is 2.17. The molecule has 1 saturated heterocycles. The Hall–Kier alpha value is -0.380. The molecule has 1 N–H and O–H groups in total. The highest BCUT2D eigenvalue weighted by molar-refractivity contribution is 5.03. The maximum atomic E-state index is 10.5. The summed E-state index contributed by atoms with van der Waals surface area (Å²) in [6, 6.07) is 0. The molecule has 0 amide bonds. The summed E-state index contributed by atoms with van der Waals surface area (Å²) in [6.45, 7) is 9.29. The van der Waals surface area contributed by atoms with Gasteiger partial charge in [-0.05, 0) is 19.3 Å². The minimum Gasteiger partial charge on any atom is -0.390 e. The van der Waals surface area contributed by atoms with Gasteiger partial charge < -0.3 is 14.6 Å². The minimum atomic E-state index is -0.633. The van der Waals surface area contributed by atoms with Gasteiger partial charge in [-0.3, -0.25) is 0 Å². The van der Waals surface area contributed by atoms with Crippen molar-refractivity contribution in [3.8, 4) is 0 Å². The molecule has 2 aliphatic rings. The number of ether oxygens (including phenoxy) is 2. The van der Waals surface area contributed by atoms with Crippen molar-refractivity contribution in [1.29, 1.82) is 0 Å². The lowest BCUT2D eigenvalue weighted by atomic mass is 9.64. The van der Waals surface area contributed by atoms with Gasteiger partial charge in [0.1, 0.15) is 0 Å². The zero-order valence-electron chi connectivity index (χ0n) is 10.3. The molecule has 0 bridgehead atoms. The van der Waals surface area contributed by atoms with Crippen LogP contribution >= 0.6 is 0 Å². The lowest BCUT2D eigenvalue weighted by Crippen LogP contribution is -2.55. The van der Waals surface area contributed by atoms with Crippen molar-refractivity contribution in [2.24, 2.45) is 5.41 Å². The van der Waals surface area contributed by atoms with Gasteiger partial charge in [0.15, 0.2) is 5.79 Å². The Morgan fingerprint density at radius 3 is 2.38 bits per heavy atom. The highest BCUT2D eigenvalue weighted by Crippen LogP contribution is 2.52. The number of hydrogen-bond donors (Lipinski definition) is 1. The number of rotatable bonds is 2. The van der Waals surface area contributed by atoms with Crippen LogP contribution in [0.1, 0.15) is 39.5 Å². The maximum absolute atomic E-state index is 10.5. The predicted molar refractivity (Wildman–Crippen MR) is 62.0 cm³/mol. The average Bonchev–Trinajstić information content (AvgIpc) is 2.62. The summed E-state index contributed by atoms with van der Waals surface area (Å²) in [5.41, 5.74) is -0.786. The molecule has 1 aliphatic heterocycles. The Kier molecular flexibility index (Phi) is 2.89. The SMILES string of the molecule is C=CCC1(O)CCC2(OCCO2)C(C)(C)C1. The molecule has 0 aromatic heterocycles. The molecule has 0 radical (unpaired) electrons. The monoisotopic (exact) mass is 226 g/mol. The normalized spacial score (nSPS) is 36.4. The summed E-state index contributed by atoms with van der Waals surface area (Å²) < 4.78 is 11.6. The van der Waals surface area contributed by atoms with Crippen LogP contribution in [0.4, 0.5) is 0 Å². The first-order chi connectivity index (χ1) is 7.43. The van der Waals surface area contributed by atoms with E-state index in [4.69, 9.17) is 9.47 Å². The standard InChI is InChI=1S/C13H22O3/c1-4-5-12(14)6-7-13(11(2,3)10-12)15-8-9-16-13/h4,14H,1,5-10H2,2-3H3. The van der Waals surface area contributed by atoms with E-state index in [-0.39, 0.29) is 5.41 Å². The van der Waals surface area contributed by atoms with E-state index in [2.05, 4.69) is 20.4 Å². The number of hydrogen-bond acceptors (Lipinski definition) is 3. The Labute approximate surface area is 97.4 Å². The molecule has 1 aliphatic carbocycles. The Morgan fingerprint density at radius 2 is 1.88 bits per heavy atom. The zero-order valence-corrected chi connectivity index (χ0v) is 10.3. The molecule has 1 atom stereocenters. The highest BCUT2D eigenvalue weighted by atomic mass is 16.7. The topological polar surface area (TPSA) is 38.7 Å². The molecule has 0 aromatic carbocycles. The molecule has 0 aromatic rings. The predicted octanol–water partition coefficient (Wildman–Crippen LogP) is 2.25. The van der Waals surface area contributed by atoms with Gasteiger partial charge >= 0.3 is 0 Å². The first kappa shape index (κ1) is 12.1. The van der Waals surface area contributed by atoms with Crippen LogP contribution in [-0.2, 0) is 9.47 Å². The zero-order chi connectivity index (χ0) is 11.9. The summed E-state index contributed by atoms with van der Waals surface area (Å²) in [5.74, 6) is -0.472. The molecule has 1 unspecified atom stereocenters. The van der Waals surface area contributed by atoms with E-state index in [0.29, 0.717) is 26.1 Å². The van der Waals surface area contributed by atoms with Crippen LogP contribution in [-0.4, -0.2) is 29.7 Å². The van der Waals surface area contributed by atoms with Crippen LogP contribution in [0.5, 0.6) is 0 Å². The van der Waals surface area contributed by atoms with Crippen molar-refractivity contribution in [2.45, 2.75) is 50.9 Å². The van der Waals surface area contributed by atoms with Crippen LogP contribution < -0.4 is 0 Å². The van der Waals surface area contributed by atoms with Gasteiger partial charge in [-0.15, -0.1) is 6.58 Å². The van der Waals surface area contributed by atoms with Gasteiger partial charge in [-0.2, -0.15) is 0 Å². The van der Waals surface area contributed by atoms with Crippen LogP contribution in [0.3, 0.4) is 0 Å². The molecule has 1 heterocycles. The van der Waals surface area contributed by atoms with Crippen molar-refractivity contribution in [2.75, 3.05) is 13.2 Å². The molecule has 2 rings (SSSR count). The van der Waals surface area contributed by atoms with Gasteiger partial charge in [0, 0.05) is 11.8 Å². The van der Waals surface area contributed by atoms with Gasteiger partial charge in [0.05, 0.1) is 18.8 Å². The van der Waals surface area contributed by atoms with Crippen molar-refractivity contribution in [3.05, 3.63) is 12.7 Å². The minimum absolute atomic E-state index is 0.153. The van der Waals surface area contributed by atoms with Crippen LogP contribution in [0, 0.1) is 5.41 Å². The van der Waals surface area contributed by atoms with Crippen molar-refractivity contribution in [3.63, 3.8) is 0 Å². The third kappa shape index (κ3) is 1.81. The summed E-state index contributed by atoms with van der Waals surface area (Å²) in [7, 11) is 0. The first-order valence-electron chi connectivity index (χ1n) is 6.04. The van der Waals surface area contributed by atoms with Crippen molar-refractivity contribution >= 4 is 0 Å². The second-order valence-corrected chi connectivity index (χ2v) is 5.73. The van der Waals surface area contributed by atoms with Gasteiger partial charge in [-0.25, -0.2) is 0 Å². The summed E-state index contributed by atoms with van der Waals surface area (Å²) in [6.07, 6.45) is 4.63. The van der Waals surface area contributed by atoms with Crippen LogP contribution in [0.15, 0.2) is 12.7 Å². The molecule has 16 heavy (non-hydrogen) atoms. The third-order valence-corrected chi connectivity index (χ3v) is 4.00. The Morgan fingerprint density at radius 1 is 1.25 bits per heavy atom. The van der Waals surface area contributed by atoms with E-state index in [1.165, 1.54) is 0 Å². The molecule has 2 fully saturated rings. The van der Waals surface area contributed by atoms with E-state index >= 15 is 0 Å². The van der Waals surface area contributed by atoms with E-state index in [9.17, 15) is 5.11 Å². The smallest absolute Gasteiger partial charge is 0.173 e. The third-order valence-electron chi connectivity index (χ3n) is 4.00. The fourth-order valence-corrected chi connectivity index (χ4v) is 3.21. The summed E-state index contributed by atoms with van der Waals surface area (Å²) in [5, 5.41) is 10.5. The van der Waals surface area contributed by atoms with E-state index in [1.807, 2.05) is 0 Å². The molecular weight excluding hydrogens is 204 g/mol. The molecule has 1 saturated carbocycles. The highest BCUT2D eigenvalue weighted by Gasteiger charge is 2.56.